The lowest BCUT2D eigenvalue weighted by Gasteiger charge is -2.26. The van der Waals surface area contributed by atoms with Gasteiger partial charge in [0.15, 0.2) is 5.82 Å². The van der Waals surface area contributed by atoms with Gasteiger partial charge in [0.2, 0.25) is 0 Å². The Balaban J connectivity index is 1.64. The molecule has 122 valence electrons. The van der Waals surface area contributed by atoms with E-state index in [0.29, 0.717) is 12.1 Å². The molecule has 2 aliphatic carbocycles. The first-order chi connectivity index (χ1) is 11.3. The minimum atomic E-state index is -0.0371. The molecule has 0 saturated heterocycles. The molecule has 2 fully saturated rings. The topological polar surface area (TPSA) is 69.6 Å². The number of nitrogens with zero attached hydrogens (tertiary/aromatic N) is 4. The zero-order chi connectivity index (χ0) is 15.7. The molecule has 2 aliphatic rings. The maximum atomic E-state index is 6.01. The molecule has 23 heavy (non-hydrogen) atoms. The molecule has 0 amide bonds. The van der Waals surface area contributed by atoms with Crippen LogP contribution in [-0.2, 0) is 5.41 Å². The zero-order valence-corrected chi connectivity index (χ0v) is 13.6. The molecule has 2 N–H and O–H groups in total. The van der Waals surface area contributed by atoms with Gasteiger partial charge in [0.05, 0.1) is 11.5 Å². The molecule has 0 spiro atoms. The van der Waals surface area contributed by atoms with Gasteiger partial charge in [0.1, 0.15) is 0 Å². The van der Waals surface area contributed by atoms with Crippen LogP contribution in [0.2, 0.25) is 0 Å². The Morgan fingerprint density at radius 1 is 1.00 bits per heavy atom. The average Bonchev–Trinajstić information content (AvgIpc) is 3.27. The number of benzene rings is 1. The van der Waals surface area contributed by atoms with Gasteiger partial charge in [0, 0.05) is 6.04 Å². The molecule has 2 aromatic rings. The number of nitrogens with two attached hydrogens (primary N) is 1. The van der Waals surface area contributed by atoms with E-state index in [1.165, 1.54) is 18.4 Å². The number of rotatable bonds is 3. The molecule has 0 bridgehead atoms. The van der Waals surface area contributed by atoms with E-state index in [1.54, 1.807) is 0 Å². The molecule has 0 radical (unpaired) electrons. The van der Waals surface area contributed by atoms with Gasteiger partial charge in [-0.3, -0.25) is 0 Å². The third-order valence-electron chi connectivity index (χ3n) is 5.71. The normalized spacial score (nSPS) is 27.2. The summed E-state index contributed by atoms with van der Waals surface area (Å²) >= 11 is 0. The van der Waals surface area contributed by atoms with Crippen LogP contribution in [0.25, 0.3) is 0 Å². The van der Waals surface area contributed by atoms with Crippen LogP contribution in [0.5, 0.6) is 0 Å². The van der Waals surface area contributed by atoms with Crippen LogP contribution in [-0.4, -0.2) is 26.2 Å². The van der Waals surface area contributed by atoms with Gasteiger partial charge in [-0.1, -0.05) is 43.2 Å². The fourth-order valence-electron chi connectivity index (χ4n) is 4.28. The van der Waals surface area contributed by atoms with Crippen LogP contribution < -0.4 is 5.73 Å². The van der Waals surface area contributed by atoms with Crippen molar-refractivity contribution in [2.24, 2.45) is 5.73 Å². The fourth-order valence-corrected chi connectivity index (χ4v) is 4.28. The predicted molar refractivity (Wildman–Crippen MR) is 89.0 cm³/mol. The van der Waals surface area contributed by atoms with Gasteiger partial charge in [0.25, 0.3) is 0 Å². The number of aromatic nitrogens is 4. The Hall–Kier alpha value is -1.75. The fraction of sp³-hybridized carbons (Fsp3) is 0.611. The number of hydrogen-bond acceptors (Lipinski definition) is 4. The molecule has 0 aliphatic heterocycles. The highest BCUT2D eigenvalue weighted by molar-refractivity contribution is 5.33. The predicted octanol–water partition coefficient (Wildman–Crippen LogP) is 2.98. The van der Waals surface area contributed by atoms with Crippen molar-refractivity contribution in [3.8, 4) is 0 Å². The molecule has 1 aromatic heterocycles. The Bertz CT molecular complexity index is 636. The van der Waals surface area contributed by atoms with Crippen LogP contribution in [0.4, 0.5) is 0 Å². The van der Waals surface area contributed by atoms with Crippen LogP contribution >= 0.6 is 0 Å². The lowest BCUT2D eigenvalue weighted by atomic mass is 9.78. The molecule has 0 unspecified atom stereocenters. The van der Waals surface area contributed by atoms with Crippen molar-refractivity contribution in [1.29, 1.82) is 0 Å². The lowest BCUT2D eigenvalue weighted by Crippen LogP contribution is -2.29. The van der Waals surface area contributed by atoms with Crippen LogP contribution in [0.3, 0.4) is 0 Å². The summed E-state index contributed by atoms with van der Waals surface area (Å²) in [5.74, 6) is 0.913. The molecule has 0 atom stereocenters. The maximum Gasteiger partial charge on any atom is 0.185 e. The first-order valence-electron chi connectivity index (χ1n) is 8.89. The van der Waals surface area contributed by atoms with Crippen LogP contribution in [0, 0.1) is 0 Å². The molecule has 2 saturated carbocycles. The highest BCUT2D eigenvalue weighted by Crippen LogP contribution is 2.44. The van der Waals surface area contributed by atoms with Gasteiger partial charge < -0.3 is 5.73 Å². The Morgan fingerprint density at radius 3 is 2.39 bits per heavy atom. The highest BCUT2D eigenvalue weighted by atomic mass is 15.6. The summed E-state index contributed by atoms with van der Waals surface area (Å²) in [4.78, 5) is 1.87. The Labute approximate surface area is 137 Å². The molecule has 1 heterocycles. The third-order valence-corrected chi connectivity index (χ3v) is 5.71. The lowest BCUT2D eigenvalue weighted by molar-refractivity contribution is 0.276. The van der Waals surface area contributed by atoms with Crippen molar-refractivity contribution in [2.45, 2.75) is 68.9 Å². The van der Waals surface area contributed by atoms with E-state index in [-0.39, 0.29) is 5.41 Å². The van der Waals surface area contributed by atoms with Crippen molar-refractivity contribution in [2.75, 3.05) is 0 Å². The average molecular weight is 311 g/mol. The molecular formula is C18H25N5. The molecule has 5 nitrogen and oxygen atoms in total. The smallest absolute Gasteiger partial charge is 0.185 e. The highest BCUT2D eigenvalue weighted by Gasteiger charge is 2.41. The Morgan fingerprint density at radius 2 is 1.70 bits per heavy atom. The third kappa shape index (κ3) is 2.67. The summed E-state index contributed by atoms with van der Waals surface area (Å²) in [5.41, 5.74) is 7.31. The Kier molecular flexibility index (Phi) is 3.89. The second-order valence-corrected chi connectivity index (χ2v) is 7.16. The van der Waals surface area contributed by atoms with E-state index in [4.69, 9.17) is 10.8 Å². The van der Waals surface area contributed by atoms with Gasteiger partial charge in [-0.2, -0.15) is 4.80 Å². The van der Waals surface area contributed by atoms with Crippen molar-refractivity contribution in [1.82, 2.24) is 20.2 Å². The number of hydrogen-bond donors (Lipinski definition) is 1. The summed E-state index contributed by atoms with van der Waals surface area (Å²) < 4.78 is 0. The monoisotopic (exact) mass is 311 g/mol. The van der Waals surface area contributed by atoms with Crippen LogP contribution in [0.15, 0.2) is 30.3 Å². The summed E-state index contributed by atoms with van der Waals surface area (Å²) in [5, 5.41) is 13.7. The van der Waals surface area contributed by atoms with Crippen molar-refractivity contribution in [3.63, 3.8) is 0 Å². The second kappa shape index (κ2) is 6.04. The van der Waals surface area contributed by atoms with E-state index in [1.807, 2.05) is 4.80 Å². The minimum Gasteiger partial charge on any atom is -0.328 e. The van der Waals surface area contributed by atoms with E-state index in [0.717, 1.165) is 44.3 Å². The van der Waals surface area contributed by atoms with Gasteiger partial charge >= 0.3 is 0 Å². The first kappa shape index (κ1) is 14.8. The molecule has 1 aromatic carbocycles. The van der Waals surface area contributed by atoms with Gasteiger partial charge in [-0.25, -0.2) is 0 Å². The molecule has 4 rings (SSSR count). The van der Waals surface area contributed by atoms with Crippen molar-refractivity contribution < 1.29 is 0 Å². The van der Waals surface area contributed by atoms with E-state index in [9.17, 15) is 0 Å². The molecular weight excluding hydrogens is 286 g/mol. The summed E-state index contributed by atoms with van der Waals surface area (Å²) in [6, 6.07) is 11.4. The van der Waals surface area contributed by atoms with Gasteiger partial charge in [-0.05, 0) is 49.3 Å². The summed E-state index contributed by atoms with van der Waals surface area (Å²) in [7, 11) is 0. The zero-order valence-electron chi connectivity index (χ0n) is 13.6. The molecule has 5 heteroatoms. The van der Waals surface area contributed by atoms with Crippen molar-refractivity contribution in [3.05, 3.63) is 41.7 Å². The van der Waals surface area contributed by atoms with Crippen molar-refractivity contribution >= 4 is 0 Å². The minimum absolute atomic E-state index is 0.0371. The largest absolute Gasteiger partial charge is 0.328 e. The summed E-state index contributed by atoms with van der Waals surface area (Å²) in [6.45, 7) is 0. The number of tetrazole rings is 1. The van der Waals surface area contributed by atoms with Gasteiger partial charge in [-0.15, -0.1) is 10.2 Å². The summed E-state index contributed by atoms with van der Waals surface area (Å²) in [6.07, 6.45) is 8.97. The van der Waals surface area contributed by atoms with E-state index >= 15 is 0 Å². The second-order valence-electron chi connectivity index (χ2n) is 7.16. The quantitative estimate of drug-likeness (QED) is 0.946. The standard InChI is InChI=1S/C18H25N5/c19-15-8-10-16(11-9-15)23-21-17(20-22-23)18(12-4-5-13-18)14-6-2-1-3-7-14/h1-3,6-7,15-16H,4-5,8-13,19H2. The first-order valence-corrected chi connectivity index (χ1v) is 8.89. The SMILES string of the molecule is NC1CCC(n2nnc(C3(c4ccccc4)CCCC3)n2)CC1. The van der Waals surface area contributed by atoms with Crippen LogP contribution in [0.1, 0.15) is 68.8 Å². The maximum absolute atomic E-state index is 6.01. The van der Waals surface area contributed by atoms with E-state index < -0.39 is 0 Å². The van der Waals surface area contributed by atoms with E-state index in [2.05, 4.69) is 40.6 Å².